The Morgan fingerprint density at radius 1 is 1.32 bits per heavy atom. The summed E-state index contributed by atoms with van der Waals surface area (Å²) in [6.07, 6.45) is 0.273. The largest absolute Gasteiger partial charge is 0.453 e. The van der Waals surface area contributed by atoms with E-state index in [9.17, 15) is 13.2 Å². The van der Waals surface area contributed by atoms with E-state index in [4.69, 9.17) is 4.74 Å². The van der Waals surface area contributed by atoms with Gasteiger partial charge in [-0.25, -0.2) is 8.42 Å². The zero-order valence-corrected chi connectivity index (χ0v) is 12.8. The van der Waals surface area contributed by atoms with Crippen LogP contribution in [0, 0.1) is 6.92 Å². The first-order chi connectivity index (χ1) is 8.87. The molecule has 0 aliphatic heterocycles. The third-order valence-electron chi connectivity index (χ3n) is 2.40. The predicted molar refractivity (Wildman–Crippen MR) is 75.0 cm³/mol. The lowest BCUT2D eigenvalue weighted by Gasteiger charge is -2.15. The molecule has 0 aliphatic carbocycles. The van der Waals surface area contributed by atoms with Crippen LogP contribution < -0.4 is 0 Å². The zero-order valence-electron chi connectivity index (χ0n) is 11.1. The molecule has 0 radical (unpaired) electrons. The van der Waals surface area contributed by atoms with Gasteiger partial charge in [-0.3, -0.25) is 4.79 Å². The number of hydrogen-bond acceptors (Lipinski definition) is 5. The van der Waals surface area contributed by atoms with Crippen LogP contribution >= 0.6 is 11.9 Å². The fourth-order valence-corrected chi connectivity index (χ4v) is 3.25. The van der Waals surface area contributed by atoms with Crippen LogP contribution in [-0.2, 0) is 19.6 Å². The molecule has 0 saturated heterocycles. The number of nitrogens with zero attached hydrogens (tertiary/aromatic N) is 1. The second-order valence-electron chi connectivity index (χ2n) is 3.84. The lowest BCUT2D eigenvalue weighted by Crippen LogP contribution is -2.21. The summed E-state index contributed by atoms with van der Waals surface area (Å²) in [4.78, 5) is 11.2. The SMILES string of the molecule is CCC(=O)OCSN(C)S(=O)(=O)c1ccc(C)cc1. The number of benzene rings is 1. The van der Waals surface area contributed by atoms with Gasteiger partial charge in [0.1, 0.15) is 0 Å². The highest BCUT2D eigenvalue weighted by Gasteiger charge is 2.21. The van der Waals surface area contributed by atoms with E-state index in [1.54, 1.807) is 31.2 Å². The van der Waals surface area contributed by atoms with Crippen molar-refractivity contribution in [3.63, 3.8) is 0 Å². The minimum Gasteiger partial charge on any atom is -0.453 e. The van der Waals surface area contributed by atoms with Gasteiger partial charge < -0.3 is 4.74 Å². The van der Waals surface area contributed by atoms with E-state index in [-0.39, 0.29) is 23.2 Å². The first kappa shape index (κ1) is 16.0. The molecule has 106 valence electrons. The summed E-state index contributed by atoms with van der Waals surface area (Å²) in [5.41, 5.74) is 0.992. The molecule has 0 unspecified atom stereocenters. The zero-order chi connectivity index (χ0) is 14.5. The van der Waals surface area contributed by atoms with Crippen LogP contribution in [-0.4, -0.2) is 31.1 Å². The molecule has 1 aromatic carbocycles. The van der Waals surface area contributed by atoms with Crippen LogP contribution in [0.1, 0.15) is 18.9 Å². The minimum atomic E-state index is -3.56. The van der Waals surface area contributed by atoms with E-state index in [2.05, 4.69) is 0 Å². The molecule has 0 N–H and O–H groups in total. The summed E-state index contributed by atoms with van der Waals surface area (Å²) >= 11 is 0.928. The average molecular weight is 303 g/mol. The summed E-state index contributed by atoms with van der Waals surface area (Å²) < 4.78 is 30.2. The van der Waals surface area contributed by atoms with Crippen molar-refractivity contribution in [3.05, 3.63) is 29.8 Å². The van der Waals surface area contributed by atoms with Crippen molar-refractivity contribution in [2.24, 2.45) is 0 Å². The molecule has 1 aromatic rings. The first-order valence-corrected chi connectivity index (χ1v) is 8.10. The predicted octanol–water partition coefficient (Wildman–Crippen LogP) is 2.17. The van der Waals surface area contributed by atoms with Crippen molar-refractivity contribution in [1.29, 1.82) is 0 Å². The molecule has 19 heavy (non-hydrogen) atoms. The lowest BCUT2D eigenvalue weighted by atomic mass is 10.2. The fraction of sp³-hybridized carbons (Fsp3) is 0.417. The first-order valence-electron chi connectivity index (χ1n) is 5.72. The Morgan fingerprint density at radius 3 is 2.42 bits per heavy atom. The van der Waals surface area contributed by atoms with Gasteiger partial charge in [0.05, 0.1) is 4.90 Å². The van der Waals surface area contributed by atoms with Gasteiger partial charge >= 0.3 is 5.97 Å². The Labute approximate surface area is 118 Å². The van der Waals surface area contributed by atoms with Crippen molar-refractivity contribution in [1.82, 2.24) is 3.71 Å². The maximum atomic E-state index is 12.2. The van der Waals surface area contributed by atoms with Crippen LogP contribution in [0.25, 0.3) is 0 Å². The molecule has 0 heterocycles. The molecule has 1 rings (SSSR count). The molecular weight excluding hydrogens is 286 g/mol. The number of hydrogen-bond donors (Lipinski definition) is 0. The second kappa shape index (κ2) is 6.93. The van der Waals surface area contributed by atoms with Crippen LogP contribution in [0.2, 0.25) is 0 Å². The number of esters is 1. The molecule has 0 spiro atoms. The molecule has 0 aromatic heterocycles. The van der Waals surface area contributed by atoms with Gasteiger partial charge in [-0.05, 0) is 31.0 Å². The third-order valence-corrected chi connectivity index (χ3v) is 5.44. The summed E-state index contributed by atoms with van der Waals surface area (Å²) in [5, 5.41) is 0. The van der Waals surface area contributed by atoms with Gasteiger partial charge in [0.15, 0.2) is 5.94 Å². The highest BCUT2D eigenvalue weighted by molar-refractivity contribution is 8.08. The maximum absolute atomic E-state index is 12.2. The molecular formula is C12H17NO4S2. The maximum Gasteiger partial charge on any atom is 0.306 e. The minimum absolute atomic E-state index is 0.0196. The van der Waals surface area contributed by atoms with Gasteiger partial charge in [-0.1, -0.05) is 24.6 Å². The third kappa shape index (κ3) is 4.52. The molecule has 0 fully saturated rings. The number of rotatable bonds is 6. The smallest absolute Gasteiger partial charge is 0.306 e. The Morgan fingerprint density at radius 2 is 1.89 bits per heavy atom. The van der Waals surface area contributed by atoms with Gasteiger partial charge in [0.25, 0.3) is 10.0 Å². The standard InChI is InChI=1S/C12H17NO4S2/c1-4-12(14)17-9-18-13(3)19(15,16)11-7-5-10(2)6-8-11/h5-8H,4,9H2,1-3H3. The molecule has 0 saturated carbocycles. The highest BCUT2D eigenvalue weighted by atomic mass is 32.3. The summed E-state index contributed by atoms with van der Waals surface area (Å²) in [6, 6.07) is 6.59. The molecule has 7 heteroatoms. The number of aryl methyl sites for hydroxylation is 1. The second-order valence-corrected chi connectivity index (χ2v) is 7.09. The van der Waals surface area contributed by atoms with E-state index in [0.29, 0.717) is 0 Å². The van der Waals surface area contributed by atoms with Crippen molar-refractivity contribution < 1.29 is 17.9 Å². The van der Waals surface area contributed by atoms with E-state index < -0.39 is 10.0 Å². The summed E-state index contributed by atoms with van der Waals surface area (Å²) in [6.45, 7) is 3.57. The number of ether oxygens (including phenoxy) is 1. The number of carbonyl (C=O) groups is 1. The Balaban J connectivity index is 2.67. The fourth-order valence-electron chi connectivity index (χ4n) is 1.20. The van der Waals surface area contributed by atoms with Gasteiger partial charge in [-0.15, -0.1) is 3.71 Å². The van der Waals surface area contributed by atoms with E-state index >= 15 is 0 Å². The molecule has 0 bridgehead atoms. The molecule has 0 amide bonds. The number of sulfonamides is 1. The van der Waals surface area contributed by atoms with Crippen LogP contribution in [0.5, 0.6) is 0 Å². The normalized spacial score (nSPS) is 11.6. The lowest BCUT2D eigenvalue weighted by molar-refractivity contribution is -0.141. The van der Waals surface area contributed by atoms with Crippen molar-refractivity contribution in [2.75, 3.05) is 13.0 Å². The van der Waals surface area contributed by atoms with Crippen molar-refractivity contribution in [3.8, 4) is 0 Å². The van der Waals surface area contributed by atoms with Gasteiger partial charge in [-0.2, -0.15) is 0 Å². The number of carbonyl (C=O) groups excluding carboxylic acids is 1. The van der Waals surface area contributed by atoms with E-state index in [0.717, 1.165) is 21.2 Å². The van der Waals surface area contributed by atoms with Crippen molar-refractivity contribution >= 4 is 27.9 Å². The Hall–Kier alpha value is -1.05. The van der Waals surface area contributed by atoms with Crippen LogP contribution in [0.3, 0.4) is 0 Å². The van der Waals surface area contributed by atoms with Crippen molar-refractivity contribution in [2.45, 2.75) is 25.2 Å². The van der Waals surface area contributed by atoms with Crippen LogP contribution in [0.4, 0.5) is 0 Å². The molecule has 0 aliphatic rings. The highest BCUT2D eigenvalue weighted by Crippen LogP contribution is 2.21. The molecule has 0 atom stereocenters. The van der Waals surface area contributed by atoms with E-state index in [1.165, 1.54) is 7.05 Å². The van der Waals surface area contributed by atoms with Gasteiger partial charge in [0.2, 0.25) is 0 Å². The molecule has 5 nitrogen and oxygen atoms in total. The quantitative estimate of drug-likeness (QED) is 0.458. The average Bonchev–Trinajstić information content (AvgIpc) is 2.38. The topological polar surface area (TPSA) is 63.7 Å². The summed E-state index contributed by atoms with van der Waals surface area (Å²) in [5.74, 6) is -0.373. The van der Waals surface area contributed by atoms with E-state index in [1.807, 2.05) is 6.92 Å². The van der Waals surface area contributed by atoms with Gasteiger partial charge in [0, 0.05) is 13.5 Å². The Bertz CT molecular complexity index is 525. The Kier molecular flexibility index (Phi) is 5.84. The van der Waals surface area contributed by atoms with Crippen LogP contribution in [0.15, 0.2) is 29.2 Å². The summed E-state index contributed by atoms with van der Waals surface area (Å²) in [7, 11) is -2.13. The monoisotopic (exact) mass is 303 g/mol.